The van der Waals surface area contributed by atoms with E-state index in [-0.39, 0.29) is 5.82 Å². The van der Waals surface area contributed by atoms with Crippen LogP contribution >= 0.6 is 0 Å². The summed E-state index contributed by atoms with van der Waals surface area (Å²) in [5, 5.41) is 8.71. The summed E-state index contributed by atoms with van der Waals surface area (Å²) in [5.74, 6) is 0.277. The summed E-state index contributed by atoms with van der Waals surface area (Å²) in [6.45, 7) is 4.00. The molecule has 17 heavy (non-hydrogen) atoms. The summed E-state index contributed by atoms with van der Waals surface area (Å²) >= 11 is 0. The third-order valence-electron chi connectivity index (χ3n) is 2.11. The Hall–Kier alpha value is -2.34. The molecule has 0 atom stereocenters. The van der Waals surface area contributed by atoms with Crippen LogP contribution in [0.3, 0.4) is 0 Å². The molecule has 1 heterocycles. The molecule has 1 aromatic heterocycles. The van der Waals surface area contributed by atoms with Crippen LogP contribution < -0.4 is 5.73 Å². The lowest BCUT2D eigenvalue weighted by molar-refractivity contribution is 1.31. The summed E-state index contributed by atoms with van der Waals surface area (Å²) in [6, 6.07) is 15.2. The van der Waals surface area contributed by atoms with Gasteiger partial charge >= 0.3 is 0 Å². The number of nitrogens with two attached hydrogens (primary N) is 1. The molecule has 0 aliphatic carbocycles. The maximum Gasteiger partial charge on any atom is 0.142 e. The van der Waals surface area contributed by atoms with E-state index in [1.807, 2.05) is 50.2 Å². The Morgan fingerprint density at radius 3 is 2.24 bits per heavy atom. The highest BCUT2D eigenvalue weighted by Crippen LogP contribution is 2.19. The lowest BCUT2D eigenvalue weighted by Gasteiger charge is -2.02. The predicted molar refractivity (Wildman–Crippen MR) is 70.1 cm³/mol. The molecule has 0 radical (unpaired) electrons. The average molecular weight is 225 g/mol. The summed E-state index contributed by atoms with van der Waals surface area (Å²) in [5.41, 5.74) is 7.83. The van der Waals surface area contributed by atoms with Gasteiger partial charge in [0, 0.05) is 5.56 Å². The highest BCUT2D eigenvalue weighted by Gasteiger charge is 2.02. The second kappa shape index (κ2) is 6.29. The zero-order chi connectivity index (χ0) is 12.7. The van der Waals surface area contributed by atoms with Gasteiger partial charge in [-0.05, 0) is 12.1 Å². The van der Waals surface area contributed by atoms with Gasteiger partial charge in [0.2, 0.25) is 0 Å². The molecule has 0 unspecified atom stereocenters. The Bertz CT molecular complexity index is 513. The lowest BCUT2D eigenvalue weighted by Crippen LogP contribution is -1.95. The fraction of sp³-hybridized carbons (Fsp3) is 0.143. The molecule has 0 saturated heterocycles. The largest absolute Gasteiger partial charge is 0.383 e. The maximum absolute atomic E-state index is 8.71. The molecule has 86 valence electrons. The third kappa shape index (κ3) is 3.05. The Labute approximate surface area is 102 Å². The minimum atomic E-state index is 0.277. The van der Waals surface area contributed by atoms with Crippen molar-refractivity contribution in [3.8, 4) is 17.3 Å². The van der Waals surface area contributed by atoms with E-state index in [0.717, 1.165) is 11.3 Å². The highest BCUT2D eigenvalue weighted by atomic mass is 14.8. The molecule has 0 bridgehead atoms. The summed E-state index contributed by atoms with van der Waals surface area (Å²) in [7, 11) is 0. The van der Waals surface area contributed by atoms with Gasteiger partial charge in [-0.2, -0.15) is 5.26 Å². The van der Waals surface area contributed by atoms with Crippen molar-refractivity contribution in [2.24, 2.45) is 0 Å². The molecule has 2 N–H and O–H groups in total. The van der Waals surface area contributed by atoms with Crippen molar-refractivity contribution in [3.63, 3.8) is 0 Å². The molecule has 0 spiro atoms. The van der Waals surface area contributed by atoms with Crippen LogP contribution in [0.15, 0.2) is 42.5 Å². The standard InChI is InChI=1S/C12H9N3.C2H6/c13-8-10-6-7-11(15-12(10)14)9-4-2-1-3-5-9;1-2/h1-7H,(H2,14,15);1-2H3. The molecule has 0 aliphatic rings. The molecule has 0 saturated carbocycles. The van der Waals surface area contributed by atoms with E-state index in [9.17, 15) is 0 Å². The normalized spacial score (nSPS) is 8.76. The number of anilines is 1. The van der Waals surface area contributed by atoms with Crippen molar-refractivity contribution >= 4 is 5.82 Å². The number of nitrogens with zero attached hydrogens (tertiary/aromatic N) is 2. The Morgan fingerprint density at radius 1 is 1.06 bits per heavy atom. The highest BCUT2D eigenvalue weighted by molar-refractivity contribution is 5.63. The van der Waals surface area contributed by atoms with Crippen molar-refractivity contribution < 1.29 is 0 Å². The van der Waals surface area contributed by atoms with Crippen molar-refractivity contribution in [1.82, 2.24) is 4.98 Å². The quantitative estimate of drug-likeness (QED) is 0.810. The molecule has 2 rings (SSSR count). The number of nitriles is 1. The number of rotatable bonds is 1. The van der Waals surface area contributed by atoms with E-state index in [1.165, 1.54) is 0 Å². The second-order valence-corrected chi connectivity index (χ2v) is 3.11. The molecule has 2 aromatic rings. The van der Waals surface area contributed by atoms with Gasteiger partial charge in [-0.25, -0.2) is 4.98 Å². The molecular formula is C14H15N3. The summed E-state index contributed by atoms with van der Waals surface area (Å²) in [4.78, 5) is 4.17. The first kappa shape index (κ1) is 12.7. The number of nitrogen functional groups attached to an aromatic ring is 1. The molecule has 0 fully saturated rings. The second-order valence-electron chi connectivity index (χ2n) is 3.11. The zero-order valence-corrected chi connectivity index (χ0v) is 10.0. The minimum Gasteiger partial charge on any atom is -0.383 e. The molecule has 1 aromatic carbocycles. The van der Waals surface area contributed by atoms with Gasteiger partial charge in [0.1, 0.15) is 11.9 Å². The average Bonchev–Trinajstić information content (AvgIpc) is 2.42. The SMILES string of the molecule is CC.N#Cc1ccc(-c2ccccc2)nc1N. The number of benzene rings is 1. The van der Waals surface area contributed by atoms with Crippen molar-refractivity contribution in [1.29, 1.82) is 5.26 Å². The van der Waals surface area contributed by atoms with Crippen LogP contribution in [0.4, 0.5) is 5.82 Å². The molecule has 0 aliphatic heterocycles. The van der Waals surface area contributed by atoms with Crippen molar-refractivity contribution in [2.75, 3.05) is 5.73 Å². The van der Waals surface area contributed by atoms with Gasteiger partial charge in [-0.3, -0.25) is 0 Å². The van der Waals surface area contributed by atoms with Crippen LogP contribution in [-0.2, 0) is 0 Å². The van der Waals surface area contributed by atoms with Crippen LogP contribution in [0.1, 0.15) is 19.4 Å². The van der Waals surface area contributed by atoms with Crippen molar-refractivity contribution in [3.05, 3.63) is 48.0 Å². The van der Waals surface area contributed by atoms with E-state index in [2.05, 4.69) is 4.98 Å². The smallest absolute Gasteiger partial charge is 0.142 e. The molecule has 3 heteroatoms. The summed E-state index contributed by atoms with van der Waals surface area (Å²) in [6.07, 6.45) is 0. The van der Waals surface area contributed by atoms with E-state index in [0.29, 0.717) is 5.56 Å². The zero-order valence-electron chi connectivity index (χ0n) is 10.0. The monoisotopic (exact) mass is 225 g/mol. The first-order valence-corrected chi connectivity index (χ1v) is 5.53. The molecule has 0 amide bonds. The van der Waals surface area contributed by atoms with E-state index < -0.39 is 0 Å². The minimum absolute atomic E-state index is 0.277. The van der Waals surface area contributed by atoms with Gasteiger partial charge < -0.3 is 5.73 Å². The lowest BCUT2D eigenvalue weighted by atomic mass is 10.1. The van der Waals surface area contributed by atoms with Crippen LogP contribution in [0.25, 0.3) is 11.3 Å². The topological polar surface area (TPSA) is 62.7 Å². The van der Waals surface area contributed by atoms with Crippen molar-refractivity contribution in [2.45, 2.75) is 13.8 Å². The first-order valence-electron chi connectivity index (χ1n) is 5.53. The Balaban J connectivity index is 0.000000686. The Morgan fingerprint density at radius 2 is 1.71 bits per heavy atom. The van der Waals surface area contributed by atoms with Crippen LogP contribution in [0.5, 0.6) is 0 Å². The maximum atomic E-state index is 8.71. The van der Waals surface area contributed by atoms with Gasteiger partial charge in [0.15, 0.2) is 0 Å². The Kier molecular flexibility index (Phi) is 4.71. The van der Waals surface area contributed by atoms with Gasteiger partial charge in [-0.15, -0.1) is 0 Å². The number of hydrogen-bond donors (Lipinski definition) is 1. The third-order valence-corrected chi connectivity index (χ3v) is 2.11. The van der Waals surface area contributed by atoms with Crippen LogP contribution in [0.2, 0.25) is 0 Å². The number of aromatic nitrogens is 1. The van der Waals surface area contributed by atoms with Gasteiger partial charge in [-0.1, -0.05) is 44.2 Å². The van der Waals surface area contributed by atoms with E-state index in [4.69, 9.17) is 11.0 Å². The van der Waals surface area contributed by atoms with Gasteiger partial charge in [0.05, 0.1) is 11.3 Å². The number of hydrogen-bond acceptors (Lipinski definition) is 3. The molecular weight excluding hydrogens is 210 g/mol. The van der Waals surface area contributed by atoms with Gasteiger partial charge in [0.25, 0.3) is 0 Å². The van der Waals surface area contributed by atoms with E-state index in [1.54, 1.807) is 12.1 Å². The summed E-state index contributed by atoms with van der Waals surface area (Å²) < 4.78 is 0. The predicted octanol–water partition coefficient (Wildman–Crippen LogP) is 3.23. The number of pyridine rings is 1. The van der Waals surface area contributed by atoms with Crippen LogP contribution in [0, 0.1) is 11.3 Å². The molecule has 3 nitrogen and oxygen atoms in total. The first-order chi connectivity index (χ1) is 8.31. The fourth-order valence-electron chi connectivity index (χ4n) is 1.34. The fourth-order valence-corrected chi connectivity index (χ4v) is 1.34. The van der Waals surface area contributed by atoms with Crippen LogP contribution in [-0.4, -0.2) is 4.98 Å². The van der Waals surface area contributed by atoms with E-state index >= 15 is 0 Å².